The van der Waals surface area contributed by atoms with E-state index in [9.17, 15) is 0 Å². The molecule has 0 atom stereocenters. The lowest BCUT2D eigenvalue weighted by molar-refractivity contribution is 0.411. The number of ether oxygens (including phenoxy) is 1. The molecule has 16 heavy (non-hydrogen) atoms. The number of oxazole rings is 1. The van der Waals surface area contributed by atoms with Gasteiger partial charge in [-0.05, 0) is 37.1 Å². The van der Waals surface area contributed by atoms with Crippen LogP contribution in [0, 0.1) is 13.8 Å². The third kappa shape index (κ3) is 1.74. The van der Waals surface area contributed by atoms with E-state index in [0.717, 1.165) is 28.1 Å². The van der Waals surface area contributed by atoms with Gasteiger partial charge >= 0.3 is 0 Å². The molecule has 0 unspecified atom stereocenters. The first kappa shape index (κ1) is 10.5. The van der Waals surface area contributed by atoms with E-state index in [4.69, 9.17) is 14.9 Å². The monoisotopic (exact) mass is 218 g/mol. The van der Waals surface area contributed by atoms with Gasteiger partial charge in [-0.3, -0.25) is 0 Å². The van der Waals surface area contributed by atoms with E-state index >= 15 is 0 Å². The first-order valence-electron chi connectivity index (χ1n) is 4.98. The predicted molar refractivity (Wildman–Crippen MR) is 62.4 cm³/mol. The van der Waals surface area contributed by atoms with Crippen LogP contribution in [0.2, 0.25) is 0 Å². The zero-order valence-corrected chi connectivity index (χ0v) is 9.57. The summed E-state index contributed by atoms with van der Waals surface area (Å²) in [6, 6.07) is 4.18. The summed E-state index contributed by atoms with van der Waals surface area (Å²) in [5, 5.41) is 0. The van der Waals surface area contributed by atoms with Crippen molar-refractivity contribution in [3.05, 3.63) is 29.5 Å². The van der Waals surface area contributed by atoms with Crippen LogP contribution in [-0.4, -0.2) is 12.1 Å². The van der Waals surface area contributed by atoms with Crippen LogP contribution in [0.25, 0.3) is 11.3 Å². The van der Waals surface area contributed by atoms with Crippen molar-refractivity contribution in [3.8, 4) is 17.0 Å². The van der Waals surface area contributed by atoms with Crippen LogP contribution in [0.5, 0.6) is 5.75 Å². The Morgan fingerprint density at radius 2 is 2.00 bits per heavy atom. The molecule has 4 nitrogen and oxygen atoms in total. The molecule has 84 valence electrons. The van der Waals surface area contributed by atoms with E-state index < -0.39 is 0 Å². The second-order valence-electron chi connectivity index (χ2n) is 3.71. The smallest absolute Gasteiger partial charge is 0.292 e. The van der Waals surface area contributed by atoms with Crippen LogP contribution in [0.4, 0.5) is 6.01 Å². The van der Waals surface area contributed by atoms with Crippen LogP contribution >= 0.6 is 0 Å². The Kier molecular flexibility index (Phi) is 2.56. The lowest BCUT2D eigenvalue weighted by Crippen LogP contribution is -1.92. The van der Waals surface area contributed by atoms with Crippen molar-refractivity contribution < 1.29 is 9.15 Å². The predicted octanol–water partition coefficient (Wildman–Crippen LogP) is 2.55. The number of methoxy groups -OCH3 is 1. The lowest BCUT2D eigenvalue weighted by Gasteiger charge is -2.09. The van der Waals surface area contributed by atoms with Gasteiger partial charge in [-0.15, -0.1) is 0 Å². The Morgan fingerprint density at radius 3 is 2.56 bits per heavy atom. The van der Waals surface area contributed by atoms with Crippen molar-refractivity contribution in [2.24, 2.45) is 0 Å². The molecule has 0 aliphatic heterocycles. The second kappa shape index (κ2) is 3.89. The van der Waals surface area contributed by atoms with Crippen LogP contribution in [0.1, 0.15) is 11.1 Å². The van der Waals surface area contributed by atoms with Gasteiger partial charge in [0, 0.05) is 5.56 Å². The van der Waals surface area contributed by atoms with Gasteiger partial charge in [0.15, 0.2) is 0 Å². The summed E-state index contributed by atoms with van der Waals surface area (Å²) in [5.74, 6) is 0.873. The topological polar surface area (TPSA) is 61.3 Å². The fraction of sp³-hybridized carbons (Fsp3) is 0.250. The summed E-state index contributed by atoms with van der Waals surface area (Å²) in [7, 11) is 1.66. The van der Waals surface area contributed by atoms with E-state index in [0.29, 0.717) is 0 Å². The summed E-state index contributed by atoms with van der Waals surface area (Å²) in [6.07, 6.45) is 1.56. The Morgan fingerprint density at radius 1 is 1.25 bits per heavy atom. The van der Waals surface area contributed by atoms with Crippen molar-refractivity contribution >= 4 is 6.01 Å². The zero-order valence-electron chi connectivity index (χ0n) is 9.57. The number of nitrogens with two attached hydrogens (primary N) is 1. The molecule has 4 heteroatoms. The minimum absolute atomic E-state index is 0.183. The number of hydrogen-bond acceptors (Lipinski definition) is 4. The van der Waals surface area contributed by atoms with Gasteiger partial charge < -0.3 is 14.9 Å². The standard InChI is InChI=1S/C12H14N2O2/c1-7-5-11(15-3)8(2)4-9(7)10-6-16-12(13)14-10/h4-6H,1-3H3,(H2,13,14). The van der Waals surface area contributed by atoms with Crippen LogP contribution in [-0.2, 0) is 0 Å². The fourth-order valence-corrected chi connectivity index (χ4v) is 1.70. The molecule has 0 aliphatic carbocycles. The number of nitrogen functional groups attached to an aromatic ring is 1. The van der Waals surface area contributed by atoms with Crippen molar-refractivity contribution in [1.82, 2.24) is 4.98 Å². The highest BCUT2D eigenvalue weighted by atomic mass is 16.5. The maximum absolute atomic E-state index is 5.46. The average molecular weight is 218 g/mol. The molecule has 0 spiro atoms. The number of aromatic nitrogens is 1. The third-order valence-corrected chi connectivity index (χ3v) is 2.54. The van der Waals surface area contributed by atoms with Crippen molar-refractivity contribution in [2.75, 3.05) is 12.8 Å². The van der Waals surface area contributed by atoms with E-state index in [2.05, 4.69) is 4.98 Å². The summed E-state index contributed by atoms with van der Waals surface area (Å²) in [5.41, 5.74) is 9.36. The maximum Gasteiger partial charge on any atom is 0.292 e. The quantitative estimate of drug-likeness (QED) is 0.841. The van der Waals surface area contributed by atoms with Crippen LogP contribution in [0.3, 0.4) is 0 Å². The molecule has 0 saturated carbocycles. The summed E-state index contributed by atoms with van der Waals surface area (Å²) < 4.78 is 10.3. The molecular formula is C12H14N2O2. The molecule has 0 amide bonds. The molecule has 0 bridgehead atoms. The summed E-state index contributed by atoms with van der Waals surface area (Å²) in [4.78, 5) is 4.11. The molecular weight excluding hydrogens is 204 g/mol. The highest BCUT2D eigenvalue weighted by Gasteiger charge is 2.10. The molecule has 2 rings (SSSR count). The van der Waals surface area contributed by atoms with Crippen LogP contribution in [0.15, 0.2) is 22.8 Å². The van der Waals surface area contributed by atoms with Gasteiger partial charge in [0.2, 0.25) is 0 Å². The number of rotatable bonds is 2. The molecule has 1 aromatic heterocycles. The van der Waals surface area contributed by atoms with Gasteiger partial charge in [0.1, 0.15) is 17.7 Å². The van der Waals surface area contributed by atoms with Crippen molar-refractivity contribution in [2.45, 2.75) is 13.8 Å². The van der Waals surface area contributed by atoms with Gasteiger partial charge in [0.25, 0.3) is 6.01 Å². The molecule has 0 fully saturated rings. The first-order valence-corrected chi connectivity index (χ1v) is 4.98. The maximum atomic E-state index is 5.46. The van der Waals surface area contributed by atoms with Gasteiger partial charge in [-0.1, -0.05) is 0 Å². The Hall–Kier alpha value is -1.97. The molecule has 2 N–H and O–H groups in total. The van der Waals surface area contributed by atoms with Gasteiger partial charge in [-0.25, -0.2) is 0 Å². The Labute approximate surface area is 94.1 Å². The second-order valence-corrected chi connectivity index (χ2v) is 3.71. The first-order chi connectivity index (χ1) is 7.61. The minimum atomic E-state index is 0.183. The van der Waals surface area contributed by atoms with Gasteiger partial charge in [-0.2, -0.15) is 4.98 Å². The number of anilines is 1. The largest absolute Gasteiger partial charge is 0.496 e. The van der Waals surface area contributed by atoms with E-state index in [1.165, 1.54) is 0 Å². The molecule has 1 heterocycles. The SMILES string of the molecule is COc1cc(C)c(-c2coc(N)n2)cc1C. The fourth-order valence-electron chi connectivity index (χ4n) is 1.70. The average Bonchev–Trinajstić information content (AvgIpc) is 2.67. The van der Waals surface area contributed by atoms with Crippen molar-refractivity contribution in [3.63, 3.8) is 0 Å². The summed E-state index contributed by atoms with van der Waals surface area (Å²) in [6.45, 7) is 3.99. The van der Waals surface area contributed by atoms with E-state index in [-0.39, 0.29) is 6.01 Å². The minimum Gasteiger partial charge on any atom is -0.496 e. The number of hydrogen-bond donors (Lipinski definition) is 1. The highest BCUT2D eigenvalue weighted by molar-refractivity contribution is 5.66. The van der Waals surface area contributed by atoms with Crippen LogP contribution < -0.4 is 10.5 Å². The number of nitrogens with zero attached hydrogens (tertiary/aromatic N) is 1. The summed E-state index contributed by atoms with van der Waals surface area (Å²) >= 11 is 0. The van der Waals surface area contributed by atoms with E-state index in [1.54, 1.807) is 13.4 Å². The normalized spacial score (nSPS) is 10.4. The van der Waals surface area contributed by atoms with E-state index in [1.807, 2.05) is 26.0 Å². The molecule has 1 aromatic carbocycles. The highest BCUT2D eigenvalue weighted by Crippen LogP contribution is 2.29. The molecule has 0 radical (unpaired) electrons. The zero-order chi connectivity index (χ0) is 11.7. The third-order valence-electron chi connectivity index (χ3n) is 2.54. The molecule has 0 saturated heterocycles. The Balaban J connectivity index is 2.54. The molecule has 2 aromatic rings. The lowest BCUT2D eigenvalue weighted by atomic mass is 10.0. The Bertz CT molecular complexity index is 518. The van der Waals surface area contributed by atoms with Gasteiger partial charge in [0.05, 0.1) is 7.11 Å². The van der Waals surface area contributed by atoms with Crippen molar-refractivity contribution in [1.29, 1.82) is 0 Å². The number of benzene rings is 1. The number of aryl methyl sites for hydroxylation is 2. The molecule has 0 aliphatic rings.